The predicted molar refractivity (Wildman–Crippen MR) is 140 cm³/mol. The highest BCUT2D eigenvalue weighted by atomic mass is 127. The summed E-state index contributed by atoms with van der Waals surface area (Å²) in [6, 6.07) is 14.3. The molecule has 182 valence electrons. The molecule has 0 aliphatic heterocycles. The van der Waals surface area contributed by atoms with Crippen LogP contribution in [0.1, 0.15) is 22.8 Å². The molecule has 3 aromatic carbocycles. The second-order valence-corrected chi connectivity index (χ2v) is 10.4. The lowest BCUT2D eigenvalue weighted by molar-refractivity contribution is -0.384. The first-order valence-electron chi connectivity index (χ1n) is 9.85. The highest BCUT2D eigenvalue weighted by Crippen LogP contribution is 2.36. The number of nitrogens with one attached hydrogen (secondary N) is 1. The molecule has 3 rings (SSSR count). The van der Waals surface area contributed by atoms with Crippen LogP contribution in [0.4, 0.5) is 5.69 Å². The average molecular weight is 674 g/mol. The van der Waals surface area contributed by atoms with Gasteiger partial charge in [0.1, 0.15) is 4.90 Å². The highest BCUT2D eigenvalue weighted by Gasteiger charge is 2.23. The van der Waals surface area contributed by atoms with Crippen molar-refractivity contribution in [3.8, 4) is 11.5 Å². The Hall–Kier alpha value is -3.04. The first-order chi connectivity index (χ1) is 16.6. The third-order valence-electron chi connectivity index (χ3n) is 4.33. The molecule has 0 aromatic heterocycles. The van der Waals surface area contributed by atoms with E-state index in [-0.39, 0.29) is 28.7 Å². The lowest BCUT2D eigenvalue weighted by Gasteiger charge is -2.14. The first-order valence-corrected chi connectivity index (χ1v) is 13.1. The minimum absolute atomic E-state index is 0.0406. The molecule has 1 N–H and O–H groups in total. The van der Waals surface area contributed by atoms with Crippen LogP contribution < -0.4 is 14.3 Å². The number of benzene rings is 3. The Bertz CT molecular complexity index is 1400. The van der Waals surface area contributed by atoms with E-state index in [1.54, 1.807) is 37.3 Å². The van der Waals surface area contributed by atoms with Crippen molar-refractivity contribution in [3.63, 3.8) is 0 Å². The Morgan fingerprint density at radius 2 is 1.91 bits per heavy atom. The molecule has 0 bridgehead atoms. The van der Waals surface area contributed by atoms with E-state index in [0.29, 0.717) is 14.7 Å². The maximum Gasteiger partial charge on any atom is 0.339 e. The molecule has 0 spiro atoms. The fourth-order valence-corrected chi connectivity index (χ4v) is 5.00. The van der Waals surface area contributed by atoms with Crippen LogP contribution in [-0.4, -0.2) is 32.1 Å². The number of halogens is 2. The van der Waals surface area contributed by atoms with Gasteiger partial charge in [0.2, 0.25) is 0 Å². The minimum Gasteiger partial charge on any atom is -0.490 e. The molecule has 0 aliphatic rings. The largest absolute Gasteiger partial charge is 0.490 e. The number of amides is 1. The quantitative estimate of drug-likeness (QED) is 0.112. The second-order valence-electron chi connectivity index (χ2n) is 6.76. The number of nitro benzene ring substituents is 1. The normalized spacial score (nSPS) is 11.3. The average Bonchev–Trinajstić information content (AvgIpc) is 2.81. The zero-order valence-electron chi connectivity index (χ0n) is 18.0. The SMILES string of the molecule is CCOc1cc(/C=N\NC(=O)c2cccc(Br)c2)cc(I)c1OS(=O)(=O)c1ccc([N+](=O)[O-])cc1. The molecule has 0 saturated carbocycles. The van der Waals surface area contributed by atoms with Crippen LogP contribution in [0.15, 0.2) is 75.1 Å². The van der Waals surface area contributed by atoms with Gasteiger partial charge in [-0.25, -0.2) is 5.43 Å². The van der Waals surface area contributed by atoms with Crippen LogP contribution in [-0.2, 0) is 10.1 Å². The summed E-state index contributed by atoms with van der Waals surface area (Å²) in [5.74, 6) is -0.304. The Labute approximate surface area is 222 Å². The molecule has 0 heterocycles. The van der Waals surface area contributed by atoms with Crippen LogP contribution in [0.3, 0.4) is 0 Å². The van der Waals surface area contributed by atoms with Crippen molar-refractivity contribution < 1.29 is 27.1 Å². The van der Waals surface area contributed by atoms with E-state index in [0.717, 1.165) is 28.7 Å². The fourth-order valence-electron chi connectivity index (χ4n) is 2.76. The van der Waals surface area contributed by atoms with Gasteiger partial charge in [-0.05, 0) is 77.5 Å². The molecule has 0 fully saturated rings. The van der Waals surface area contributed by atoms with Gasteiger partial charge in [0, 0.05) is 22.2 Å². The number of hydrazone groups is 1. The summed E-state index contributed by atoms with van der Waals surface area (Å²) in [7, 11) is -4.30. The topological polar surface area (TPSA) is 137 Å². The maximum atomic E-state index is 12.8. The molecule has 1 amide bonds. The monoisotopic (exact) mass is 673 g/mol. The van der Waals surface area contributed by atoms with Crippen molar-refractivity contribution in [2.45, 2.75) is 11.8 Å². The molecule has 0 aliphatic carbocycles. The van der Waals surface area contributed by atoms with E-state index in [1.165, 1.54) is 12.3 Å². The molecule has 3 aromatic rings. The molecular formula is C22H17BrIN3O7S. The molecule has 0 unspecified atom stereocenters. The predicted octanol–water partition coefficient (Wildman–Crippen LogP) is 4.89. The molecule has 10 nitrogen and oxygen atoms in total. The van der Waals surface area contributed by atoms with Gasteiger partial charge in [0.25, 0.3) is 11.6 Å². The summed E-state index contributed by atoms with van der Waals surface area (Å²) in [6.07, 6.45) is 1.38. The number of non-ortho nitro benzene ring substituents is 1. The van der Waals surface area contributed by atoms with Crippen LogP contribution in [0.5, 0.6) is 11.5 Å². The van der Waals surface area contributed by atoms with Crippen molar-refractivity contribution in [1.29, 1.82) is 0 Å². The van der Waals surface area contributed by atoms with Crippen molar-refractivity contribution in [3.05, 3.63) is 89.9 Å². The number of rotatable bonds is 9. The van der Waals surface area contributed by atoms with Crippen LogP contribution in [0.25, 0.3) is 0 Å². The molecule has 0 saturated heterocycles. The molecule has 0 atom stereocenters. The van der Waals surface area contributed by atoms with Crippen molar-refractivity contribution in [2.24, 2.45) is 5.10 Å². The summed E-state index contributed by atoms with van der Waals surface area (Å²) in [5, 5.41) is 14.8. The van der Waals surface area contributed by atoms with Gasteiger partial charge in [0.05, 0.1) is 21.3 Å². The Morgan fingerprint density at radius 3 is 2.54 bits per heavy atom. The Balaban J connectivity index is 1.82. The van der Waals surface area contributed by atoms with Crippen LogP contribution in [0.2, 0.25) is 0 Å². The minimum atomic E-state index is -4.30. The van der Waals surface area contributed by atoms with Crippen molar-refractivity contribution in [1.82, 2.24) is 5.43 Å². The van der Waals surface area contributed by atoms with Gasteiger partial charge in [-0.1, -0.05) is 22.0 Å². The van der Waals surface area contributed by atoms with Gasteiger partial charge in [-0.3, -0.25) is 14.9 Å². The summed E-state index contributed by atoms with van der Waals surface area (Å²) in [4.78, 5) is 22.2. The number of carbonyl (C=O) groups excluding carboxylic acids is 1. The smallest absolute Gasteiger partial charge is 0.339 e. The standard InChI is InChI=1S/C22H17BrIN3O7S/c1-2-33-20-11-14(13-25-26-22(28)15-4-3-5-16(23)12-15)10-19(24)21(20)34-35(31,32)18-8-6-17(7-9-18)27(29)30/h3-13H,2H2,1H3,(H,26,28)/b25-13-. The Kier molecular flexibility index (Phi) is 8.80. The van der Waals surface area contributed by atoms with Crippen molar-refractivity contribution in [2.75, 3.05) is 6.61 Å². The molecule has 0 radical (unpaired) electrons. The van der Waals surface area contributed by atoms with E-state index >= 15 is 0 Å². The lowest BCUT2D eigenvalue weighted by Crippen LogP contribution is -2.17. The van der Waals surface area contributed by atoms with Gasteiger partial charge in [-0.2, -0.15) is 13.5 Å². The zero-order valence-corrected chi connectivity index (χ0v) is 22.5. The summed E-state index contributed by atoms with van der Waals surface area (Å²) < 4.78 is 37.5. The number of hydrogen-bond acceptors (Lipinski definition) is 8. The number of ether oxygens (including phenoxy) is 1. The van der Waals surface area contributed by atoms with Crippen LogP contribution in [0, 0.1) is 13.7 Å². The van der Waals surface area contributed by atoms with E-state index in [2.05, 4.69) is 26.5 Å². The van der Waals surface area contributed by atoms with E-state index in [1.807, 2.05) is 22.6 Å². The van der Waals surface area contributed by atoms with Gasteiger partial charge >= 0.3 is 10.1 Å². The Morgan fingerprint density at radius 1 is 1.20 bits per heavy atom. The molecule has 35 heavy (non-hydrogen) atoms. The maximum absolute atomic E-state index is 12.8. The summed E-state index contributed by atoms with van der Waals surface area (Å²) in [5.41, 5.74) is 3.12. The third kappa shape index (κ3) is 6.99. The van der Waals surface area contributed by atoms with E-state index < -0.39 is 20.9 Å². The second kappa shape index (κ2) is 11.6. The molecule has 13 heteroatoms. The van der Waals surface area contributed by atoms with Crippen molar-refractivity contribution >= 4 is 66.4 Å². The van der Waals surface area contributed by atoms with Gasteiger partial charge in [-0.15, -0.1) is 0 Å². The highest BCUT2D eigenvalue weighted by molar-refractivity contribution is 14.1. The summed E-state index contributed by atoms with van der Waals surface area (Å²) >= 11 is 5.19. The number of hydrogen-bond donors (Lipinski definition) is 1. The van der Waals surface area contributed by atoms with Gasteiger partial charge in [0.15, 0.2) is 11.5 Å². The first kappa shape index (κ1) is 26.6. The number of carbonyl (C=O) groups is 1. The number of nitrogens with zero attached hydrogens (tertiary/aromatic N) is 2. The van der Waals surface area contributed by atoms with E-state index in [4.69, 9.17) is 8.92 Å². The molecular weight excluding hydrogens is 657 g/mol. The van der Waals surface area contributed by atoms with Crippen LogP contribution >= 0.6 is 38.5 Å². The summed E-state index contributed by atoms with van der Waals surface area (Å²) in [6.45, 7) is 1.95. The van der Waals surface area contributed by atoms with Gasteiger partial charge < -0.3 is 8.92 Å². The third-order valence-corrected chi connectivity index (χ3v) is 6.86. The number of nitro groups is 1. The zero-order chi connectivity index (χ0) is 25.6. The fraction of sp³-hybridized carbons (Fsp3) is 0.0909. The van der Waals surface area contributed by atoms with E-state index in [9.17, 15) is 23.3 Å². The lowest BCUT2D eigenvalue weighted by atomic mass is 10.2.